The van der Waals surface area contributed by atoms with Crippen molar-refractivity contribution in [2.45, 2.75) is 25.0 Å². The van der Waals surface area contributed by atoms with Crippen LogP contribution in [0.1, 0.15) is 19.3 Å². The van der Waals surface area contributed by atoms with Crippen LogP contribution in [0.15, 0.2) is 0 Å². The highest BCUT2D eigenvalue weighted by atomic mass is 16.7. The lowest BCUT2D eigenvalue weighted by Gasteiger charge is -2.25. The number of carbonyl (C=O) groups is 1. The maximum Gasteiger partial charge on any atom is 0.168 e. The Labute approximate surface area is 66.7 Å². The van der Waals surface area contributed by atoms with Gasteiger partial charge in [0.05, 0.1) is 0 Å². The van der Waals surface area contributed by atoms with E-state index < -0.39 is 5.79 Å². The van der Waals surface area contributed by atoms with Crippen molar-refractivity contribution in [1.82, 2.24) is 0 Å². The Morgan fingerprint density at radius 1 is 1.45 bits per heavy atom. The molecular weight excluding hydrogens is 144 g/mol. The fourth-order valence-corrected chi connectivity index (χ4v) is 1.58. The van der Waals surface area contributed by atoms with Gasteiger partial charge in [-0.1, -0.05) is 0 Å². The van der Waals surface area contributed by atoms with Gasteiger partial charge in [-0.05, 0) is 6.42 Å². The van der Waals surface area contributed by atoms with Crippen molar-refractivity contribution in [3.05, 3.63) is 0 Å². The molecule has 0 bridgehead atoms. The van der Waals surface area contributed by atoms with Gasteiger partial charge in [0.1, 0.15) is 6.29 Å². The molecule has 0 unspecified atom stereocenters. The van der Waals surface area contributed by atoms with Crippen molar-refractivity contribution in [3.8, 4) is 0 Å². The molecule has 1 saturated carbocycles. The maximum absolute atomic E-state index is 10.4. The number of rotatable bonds is 3. The molecule has 0 heterocycles. The van der Waals surface area contributed by atoms with Crippen LogP contribution in [0.4, 0.5) is 0 Å². The summed E-state index contributed by atoms with van der Waals surface area (Å²) < 4.78 is 10.4. The van der Waals surface area contributed by atoms with E-state index in [1.807, 2.05) is 0 Å². The zero-order valence-electron chi connectivity index (χ0n) is 7.00. The van der Waals surface area contributed by atoms with E-state index in [1.165, 1.54) is 0 Å². The highest BCUT2D eigenvalue weighted by Crippen LogP contribution is 2.36. The SMILES string of the molecule is COC1(OC)CC[C@H](C=O)C1. The molecule has 0 N–H and O–H groups in total. The lowest BCUT2D eigenvalue weighted by Crippen LogP contribution is -2.30. The molecular formula is C8H14O3. The first-order valence-electron chi connectivity index (χ1n) is 3.82. The van der Waals surface area contributed by atoms with Crippen LogP contribution in [0.2, 0.25) is 0 Å². The van der Waals surface area contributed by atoms with Crippen LogP contribution in [-0.4, -0.2) is 26.3 Å². The molecule has 0 spiro atoms. The third-order valence-corrected chi connectivity index (χ3v) is 2.41. The molecule has 0 saturated heterocycles. The second kappa shape index (κ2) is 3.32. The van der Waals surface area contributed by atoms with E-state index in [0.717, 1.165) is 19.1 Å². The minimum Gasteiger partial charge on any atom is -0.353 e. The molecule has 1 atom stereocenters. The van der Waals surface area contributed by atoms with Gasteiger partial charge >= 0.3 is 0 Å². The molecule has 1 aliphatic rings. The lowest BCUT2D eigenvalue weighted by molar-refractivity contribution is -0.202. The van der Waals surface area contributed by atoms with Gasteiger partial charge < -0.3 is 14.3 Å². The van der Waals surface area contributed by atoms with E-state index in [1.54, 1.807) is 14.2 Å². The van der Waals surface area contributed by atoms with E-state index in [9.17, 15) is 4.79 Å². The summed E-state index contributed by atoms with van der Waals surface area (Å²) in [5.74, 6) is -0.360. The predicted molar refractivity (Wildman–Crippen MR) is 40.2 cm³/mol. The number of methoxy groups -OCH3 is 2. The molecule has 0 aromatic heterocycles. The summed E-state index contributed by atoms with van der Waals surface area (Å²) in [5, 5.41) is 0. The molecule has 1 aliphatic carbocycles. The summed E-state index contributed by atoms with van der Waals surface area (Å²) in [5.41, 5.74) is 0. The first kappa shape index (κ1) is 8.68. The number of ether oxygens (including phenoxy) is 2. The highest BCUT2D eigenvalue weighted by Gasteiger charge is 2.39. The third-order valence-electron chi connectivity index (χ3n) is 2.41. The summed E-state index contributed by atoms with van der Waals surface area (Å²) >= 11 is 0. The van der Waals surface area contributed by atoms with Crippen LogP contribution < -0.4 is 0 Å². The van der Waals surface area contributed by atoms with E-state index in [-0.39, 0.29) is 5.92 Å². The predicted octanol–water partition coefficient (Wildman–Crippen LogP) is 0.975. The Morgan fingerprint density at radius 2 is 2.09 bits per heavy atom. The van der Waals surface area contributed by atoms with Gasteiger partial charge in [0.15, 0.2) is 5.79 Å². The molecule has 0 amide bonds. The van der Waals surface area contributed by atoms with Crippen LogP contribution in [0.5, 0.6) is 0 Å². The Balaban J connectivity index is 2.54. The zero-order chi connectivity index (χ0) is 8.32. The maximum atomic E-state index is 10.4. The van der Waals surface area contributed by atoms with E-state index in [0.29, 0.717) is 6.42 Å². The fourth-order valence-electron chi connectivity index (χ4n) is 1.58. The molecule has 0 aliphatic heterocycles. The Kier molecular flexibility index (Phi) is 2.62. The monoisotopic (exact) mass is 158 g/mol. The largest absolute Gasteiger partial charge is 0.353 e. The minimum absolute atomic E-state index is 0.120. The molecule has 3 nitrogen and oxygen atoms in total. The molecule has 11 heavy (non-hydrogen) atoms. The number of carbonyl (C=O) groups excluding carboxylic acids is 1. The average molecular weight is 158 g/mol. The molecule has 0 aromatic rings. The van der Waals surface area contributed by atoms with Gasteiger partial charge in [0.25, 0.3) is 0 Å². The summed E-state index contributed by atoms with van der Waals surface area (Å²) in [7, 11) is 3.24. The Bertz CT molecular complexity index is 140. The van der Waals surface area contributed by atoms with Gasteiger partial charge in [0, 0.05) is 33.0 Å². The van der Waals surface area contributed by atoms with Gasteiger partial charge in [-0.15, -0.1) is 0 Å². The van der Waals surface area contributed by atoms with Crippen LogP contribution >= 0.6 is 0 Å². The highest BCUT2D eigenvalue weighted by molar-refractivity contribution is 5.54. The molecule has 64 valence electrons. The smallest absolute Gasteiger partial charge is 0.168 e. The molecule has 3 heteroatoms. The quantitative estimate of drug-likeness (QED) is 0.453. The molecule has 1 rings (SSSR count). The van der Waals surface area contributed by atoms with Crippen molar-refractivity contribution >= 4 is 6.29 Å². The van der Waals surface area contributed by atoms with Crippen LogP contribution in [0.25, 0.3) is 0 Å². The second-order valence-electron chi connectivity index (χ2n) is 2.96. The topological polar surface area (TPSA) is 35.5 Å². The zero-order valence-corrected chi connectivity index (χ0v) is 7.00. The van der Waals surface area contributed by atoms with Gasteiger partial charge in [-0.2, -0.15) is 0 Å². The van der Waals surface area contributed by atoms with Gasteiger partial charge in [0.2, 0.25) is 0 Å². The fraction of sp³-hybridized carbons (Fsp3) is 0.875. The standard InChI is InChI=1S/C8H14O3/c1-10-8(11-2)4-3-7(5-8)6-9/h6-7H,3-5H2,1-2H3/t7-/m0/s1. The van der Waals surface area contributed by atoms with E-state index in [4.69, 9.17) is 9.47 Å². The minimum atomic E-state index is -0.481. The average Bonchev–Trinajstić information content (AvgIpc) is 2.49. The summed E-state index contributed by atoms with van der Waals surface area (Å²) in [6, 6.07) is 0. The molecule has 0 radical (unpaired) electrons. The van der Waals surface area contributed by atoms with Crippen molar-refractivity contribution in [3.63, 3.8) is 0 Å². The van der Waals surface area contributed by atoms with Crippen molar-refractivity contribution in [2.24, 2.45) is 5.92 Å². The van der Waals surface area contributed by atoms with Crippen LogP contribution in [-0.2, 0) is 14.3 Å². The number of aldehydes is 1. The van der Waals surface area contributed by atoms with Crippen LogP contribution in [0.3, 0.4) is 0 Å². The molecule has 0 aromatic carbocycles. The van der Waals surface area contributed by atoms with E-state index >= 15 is 0 Å². The first-order valence-corrected chi connectivity index (χ1v) is 3.82. The number of hydrogen-bond acceptors (Lipinski definition) is 3. The summed E-state index contributed by atoms with van der Waals surface area (Å²) in [6.07, 6.45) is 3.39. The Hall–Kier alpha value is -0.410. The summed E-state index contributed by atoms with van der Waals surface area (Å²) in [6.45, 7) is 0. The van der Waals surface area contributed by atoms with Gasteiger partial charge in [-0.25, -0.2) is 0 Å². The van der Waals surface area contributed by atoms with Crippen molar-refractivity contribution in [1.29, 1.82) is 0 Å². The lowest BCUT2D eigenvalue weighted by atomic mass is 10.1. The van der Waals surface area contributed by atoms with Crippen molar-refractivity contribution < 1.29 is 14.3 Å². The van der Waals surface area contributed by atoms with Crippen LogP contribution in [0, 0.1) is 5.92 Å². The van der Waals surface area contributed by atoms with Crippen molar-refractivity contribution in [2.75, 3.05) is 14.2 Å². The molecule has 1 fully saturated rings. The van der Waals surface area contributed by atoms with E-state index in [2.05, 4.69) is 0 Å². The third kappa shape index (κ3) is 1.60. The second-order valence-corrected chi connectivity index (χ2v) is 2.96. The van der Waals surface area contributed by atoms with Gasteiger partial charge in [-0.3, -0.25) is 0 Å². The first-order chi connectivity index (χ1) is 5.26. The number of hydrogen-bond donors (Lipinski definition) is 0. The Morgan fingerprint density at radius 3 is 2.36 bits per heavy atom. The normalized spacial score (nSPS) is 28.7. The summed E-state index contributed by atoms with van der Waals surface area (Å²) in [4.78, 5) is 10.4.